The zero-order chi connectivity index (χ0) is 16.8. The average molecular weight is 315 g/mol. The zero-order valence-corrected chi connectivity index (χ0v) is 14.0. The molecule has 0 aliphatic heterocycles. The van der Waals surface area contributed by atoms with Gasteiger partial charge in [0.05, 0.1) is 7.11 Å². The van der Waals surface area contributed by atoms with Crippen LogP contribution in [0.4, 0.5) is 0 Å². The number of methoxy groups -OCH3 is 1. The number of benzene rings is 3. The van der Waals surface area contributed by atoms with E-state index in [4.69, 9.17) is 9.73 Å². The van der Waals surface area contributed by atoms with Crippen LogP contribution in [0.5, 0.6) is 5.75 Å². The molecule has 0 saturated heterocycles. The van der Waals surface area contributed by atoms with Crippen molar-refractivity contribution >= 4 is 5.71 Å². The molecule has 0 fully saturated rings. The Morgan fingerprint density at radius 2 is 1.25 bits per heavy atom. The minimum Gasteiger partial charge on any atom is -0.497 e. The van der Waals surface area contributed by atoms with Crippen LogP contribution in [0, 0.1) is 0 Å². The molecular weight excluding hydrogens is 294 g/mol. The number of rotatable bonds is 5. The van der Waals surface area contributed by atoms with Gasteiger partial charge >= 0.3 is 0 Å². The molecule has 3 aromatic carbocycles. The Morgan fingerprint density at radius 3 is 1.71 bits per heavy atom. The third kappa shape index (κ3) is 3.72. The monoisotopic (exact) mass is 315 g/mol. The Morgan fingerprint density at radius 1 is 0.750 bits per heavy atom. The first-order chi connectivity index (χ1) is 11.8. The van der Waals surface area contributed by atoms with Gasteiger partial charge in [0.2, 0.25) is 0 Å². The van der Waals surface area contributed by atoms with Crippen molar-refractivity contribution in [2.75, 3.05) is 7.11 Å². The lowest BCUT2D eigenvalue weighted by Crippen LogP contribution is -2.03. The van der Waals surface area contributed by atoms with E-state index in [0.717, 1.165) is 17.0 Å². The fraction of sp³-hybridized carbons (Fsp3) is 0.136. The minimum absolute atomic E-state index is 0.00509. The average Bonchev–Trinajstić information content (AvgIpc) is 2.67. The first-order valence-corrected chi connectivity index (χ1v) is 8.06. The van der Waals surface area contributed by atoms with Gasteiger partial charge in [0, 0.05) is 5.71 Å². The van der Waals surface area contributed by atoms with Crippen molar-refractivity contribution in [3.63, 3.8) is 0 Å². The SMILES string of the molecule is COc1ccc(/C(C)=N/C(c2ccccc2)c2ccccc2)cc1. The second-order valence-electron chi connectivity index (χ2n) is 5.67. The number of aliphatic imine (C=N–C) groups is 1. The lowest BCUT2D eigenvalue weighted by atomic mass is 9.99. The number of nitrogens with zero attached hydrogens (tertiary/aromatic N) is 1. The van der Waals surface area contributed by atoms with Gasteiger partial charge < -0.3 is 4.74 Å². The van der Waals surface area contributed by atoms with Crippen LogP contribution < -0.4 is 4.74 Å². The van der Waals surface area contributed by atoms with E-state index in [9.17, 15) is 0 Å². The first-order valence-electron chi connectivity index (χ1n) is 8.06. The number of ether oxygens (including phenoxy) is 1. The molecule has 0 aliphatic carbocycles. The molecule has 0 aliphatic rings. The molecule has 0 amide bonds. The number of hydrogen-bond donors (Lipinski definition) is 0. The second-order valence-corrected chi connectivity index (χ2v) is 5.67. The van der Waals surface area contributed by atoms with Crippen molar-refractivity contribution in [1.29, 1.82) is 0 Å². The van der Waals surface area contributed by atoms with Gasteiger partial charge in [-0.05, 0) is 47.9 Å². The van der Waals surface area contributed by atoms with Gasteiger partial charge in [-0.25, -0.2) is 0 Å². The van der Waals surface area contributed by atoms with Gasteiger partial charge in [-0.1, -0.05) is 60.7 Å². The number of hydrogen-bond acceptors (Lipinski definition) is 2. The van der Waals surface area contributed by atoms with E-state index in [-0.39, 0.29) is 6.04 Å². The molecule has 0 radical (unpaired) electrons. The predicted molar refractivity (Wildman–Crippen MR) is 99.9 cm³/mol. The van der Waals surface area contributed by atoms with Crippen LogP contribution in [0.15, 0.2) is 89.9 Å². The highest BCUT2D eigenvalue weighted by Gasteiger charge is 2.13. The van der Waals surface area contributed by atoms with E-state index in [1.807, 2.05) is 36.4 Å². The Hall–Kier alpha value is -2.87. The molecule has 0 atom stereocenters. The lowest BCUT2D eigenvalue weighted by Gasteiger charge is -2.15. The quantitative estimate of drug-likeness (QED) is 0.586. The summed E-state index contributed by atoms with van der Waals surface area (Å²) in [5, 5.41) is 0. The topological polar surface area (TPSA) is 21.6 Å². The summed E-state index contributed by atoms with van der Waals surface area (Å²) in [4.78, 5) is 5.02. The van der Waals surface area contributed by atoms with E-state index >= 15 is 0 Å². The molecule has 0 aromatic heterocycles. The van der Waals surface area contributed by atoms with Gasteiger partial charge in [-0.3, -0.25) is 4.99 Å². The Labute approximate surface area is 143 Å². The van der Waals surface area contributed by atoms with Crippen LogP contribution in [-0.4, -0.2) is 12.8 Å². The highest BCUT2D eigenvalue weighted by Crippen LogP contribution is 2.27. The van der Waals surface area contributed by atoms with Crippen molar-refractivity contribution in [3.05, 3.63) is 102 Å². The summed E-state index contributed by atoms with van der Waals surface area (Å²) in [6, 6.07) is 28.8. The van der Waals surface area contributed by atoms with Gasteiger partial charge in [-0.2, -0.15) is 0 Å². The van der Waals surface area contributed by atoms with Crippen LogP contribution in [0.25, 0.3) is 0 Å². The third-order valence-corrected chi connectivity index (χ3v) is 4.06. The van der Waals surface area contributed by atoms with E-state index in [1.165, 1.54) is 11.1 Å². The zero-order valence-electron chi connectivity index (χ0n) is 14.0. The van der Waals surface area contributed by atoms with Crippen LogP contribution in [0.1, 0.15) is 29.7 Å². The molecule has 3 aromatic rings. The van der Waals surface area contributed by atoms with Crippen molar-refractivity contribution < 1.29 is 4.74 Å². The summed E-state index contributed by atoms with van der Waals surface area (Å²) < 4.78 is 5.23. The molecule has 2 heteroatoms. The summed E-state index contributed by atoms with van der Waals surface area (Å²) in [6.45, 7) is 2.06. The molecule has 0 spiro atoms. The van der Waals surface area contributed by atoms with E-state index in [2.05, 4.69) is 55.5 Å². The summed E-state index contributed by atoms with van der Waals surface area (Å²) in [5.41, 5.74) is 4.50. The fourth-order valence-electron chi connectivity index (χ4n) is 2.71. The van der Waals surface area contributed by atoms with Gasteiger partial charge in [0.1, 0.15) is 11.8 Å². The molecule has 0 unspecified atom stereocenters. The molecule has 3 rings (SSSR count). The van der Waals surface area contributed by atoms with Gasteiger partial charge in [0.25, 0.3) is 0 Å². The molecule has 2 nitrogen and oxygen atoms in total. The van der Waals surface area contributed by atoms with Crippen LogP contribution in [0.3, 0.4) is 0 Å². The molecule has 24 heavy (non-hydrogen) atoms. The van der Waals surface area contributed by atoms with E-state index in [1.54, 1.807) is 7.11 Å². The summed E-state index contributed by atoms with van der Waals surface area (Å²) >= 11 is 0. The van der Waals surface area contributed by atoms with Gasteiger partial charge in [0.15, 0.2) is 0 Å². The smallest absolute Gasteiger partial charge is 0.118 e. The molecule has 0 heterocycles. The second kappa shape index (κ2) is 7.60. The Kier molecular flexibility index (Phi) is 5.07. The van der Waals surface area contributed by atoms with Crippen LogP contribution in [-0.2, 0) is 0 Å². The van der Waals surface area contributed by atoms with E-state index in [0.29, 0.717) is 0 Å². The summed E-state index contributed by atoms with van der Waals surface area (Å²) in [6.07, 6.45) is 0. The molecule has 0 bridgehead atoms. The molecule has 0 N–H and O–H groups in total. The Bertz CT molecular complexity index is 753. The highest BCUT2D eigenvalue weighted by atomic mass is 16.5. The van der Waals surface area contributed by atoms with Crippen molar-refractivity contribution in [3.8, 4) is 5.75 Å². The highest BCUT2D eigenvalue weighted by molar-refractivity contribution is 5.99. The van der Waals surface area contributed by atoms with E-state index < -0.39 is 0 Å². The van der Waals surface area contributed by atoms with Crippen molar-refractivity contribution in [1.82, 2.24) is 0 Å². The maximum absolute atomic E-state index is 5.23. The summed E-state index contributed by atoms with van der Waals surface area (Å²) in [5.74, 6) is 0.856. The van der Waals surface area contributed by atoms with Crippen LogP contribution in [0.2, 0.25) is 0 Å². The summed E-state index contributed by atoms with van der Waals surface area (Å²) in [7, 11) is 1.68. The van der Waals surface area contributed by atoms with Crippen LogP contribution >= 0.6 is 0 Å². The normalized spacial score (nSPS) is 11.5. The maximum atomic E-state index is 5.23. The molecular formula is C22H21NO. The first kappa shape index (κ1) is 16.0. The lowest BCUT2D eigenvalue weighted by molar-refractivity contribution is 0.415. The van der Waals surface area contributed by atoms with Crippen molar-refractivity contribution in [2.24, 2.45) is 4.99 Å². The fourth-order valence-corrected chi connectivity index (χ4v) is 2.71. The Balaban J connectivity index is 1.99. The van der Waals surface area contributed by atoms with Crippen molar-refractivity contribution in [2.45, 2.75) is 13.0 Å². The molecule has 0 saturated carbocycles. The maximum Gasteiger partial charge on any atom is 0.118 e. The largest absolute Gasteiger partial charge is 0.497 e. The molecule has 120 valence electrons. The standard InChI is InChI=1S/C22H21NO/c1-17(18-13-15-21(24-2)16-14-18)23-22(19-9-5-3-6-10-19)20-11-7-4-8-12-20/h3-16,22H,1-2H3/b23-17+. The van der Waals surface area contributed by atoms with Gasteiger partial charge in [-0.15, -0.1) is 0 Å². The third-order valence-electron chi connectivity index (χ3n) is 4.06. The predicted octanol–water partition coefficient (Wildman–Crippen LogP) is 5.29. The minimum atomic E-state index is -0.00509.